The Morgan fingerprint density at radius 2 is 2.00 bits per heavy atom. The number of aromatic nitrogens is 4. The lowest BCUT2D eigenvalue weighted by atomic mass is 10.1. The van der Waals surface area contributed by atoms with Gasteiger partial charge < -0.3 is 9.47 Å². The van der Waals surface area contributed by atoms with E-state index in [0.29, 0.717) is 23.3 Å². The summed E-state index contributed by atoms with van der Waals surface area (Å²) in [5.41, 5.74) is 1.71. The largest absolute Gasteiger partial charge is 0.454 e. The summed E-state index contributed by atoms with van der Waals surface area (Å²) in [6, 6.07) is 7.28. The Morgan fingerprint density at radius 3 is 2.72 bits per heavy atom. The summed E-state index contributed by atoms with van der Waals surface area (Å²) >= 11 is 0. The highest BCUT2D eigenvalue weighted by Gasteiger charge is 2.26. The number of nitrogens with zero attached hydrogens (tertiary/aromatic N) is 6. The molecule has 1 unspecified atom stereocenters. The molecule has 29 heavy (non-hydrogen) atoms. The zero-order valence-electron chi connectivity index (χ0n) is 16.7. The number of benzene rings is 1. The fourth-order valence-corrected chi connectivity index (χ4v) is 3.36. The Hall–Kier alpha value is -3.62. The summed E-state index contributed by atoms with van der Waals surface area (Å²) in [5.74, 6) is 2.37. The lowest BCUT2D eigenvalue weighted by Gasteiger charge is -2.37. The quantitative estimate of drug-likeness (QED) is 0.615. The van der Waals surface area contributed by atoms with E-state index < -0.39 is 0 Å². The van der Waals surface area contributed by atoms with Gasteiger partial charge >= 0.3 is 0 Å². The highest BCUT2D eigenvalue weighted by molar-refractivity contribution is 5.75. The molecule has 3 aromatic rings. The standard InChI is InChI=1S/C20H22N6O3/c1-13-9-19(23-20(22-13)25-8-7-21-11-25)24(4)26(15(3)27)14(2)16-5-6-17-18(10-16)29-12-28-17/h5-11,14H,12H2,1-4H3. The average molecular weight is 394 g/mol. The van der Waals surface area contributed by atoms with Crippen LogP contribution in [0.3, 0.4) is 0 Å². The molecule has 0 N–H and O–H groups in total. The smallest absolute Gasteiger partial charge is 0.238 e. The van der Waals surface area contributed by atoms with Crippen LogP contribution in [0.2, 0.25) is 0 Å². The van der Waals surface area contributed by atoms with E-state index in [-0.39, 0.29) is 18.7 Å². The number of rotatable bonds is 5. The van der Waals surface area contributed by atoms with Gasteiger partial charge in [0.25, 0.3) is 0 Å². The van der Waals surface area contributed by atoms with Crippen molar-refractivity contribution >= 4 is 11.7 Å². The molecular weight excluding hydrogens is 372 g/mol. The van der Waals surface area contributed by atoms with Crippen molar-refractivity contribution in [3.05, 3.63) is 54.2 Å². The third-order valence-corrected chi connectivity index (χ3v) is 4.79. The van der Waals surface area contributed by atoms with Crippen LogP contribution in [0.5, 0.6) is 11.5 Å². The summed E-state index contributed by atoms with van der Waals surface area (Å²) in [5, 5.41) is 3.39. The van der Waals surface area contributed by atoms with Gasteiger partial charge in [0, 0.05) is 38.1 Å². The minimum Gasteiger partial charge on any atom is -0.454 e. The molecule has 9 heteroatoms. The number of amides is 1. The lowest BCUT2D eigenvalue weighted by Crippen LogP contribution is -2.45. The maximum absolute atomic E-state index is 12.6. The molecule has 0 radical (unpaired) electrons. The maximum atomic E-state index is 12.6. The summed E-state index contributed by atoms with van der Waals surface area (Å²) in [6.45, 7) is 5.59. The Kier molecular flexibility index (Phi) is 4.79. The number of imidazole rings is 1. The molecule has 1 aliphatic rings. The number of aryl methyl sites for hydroxylation is 1. The number of carbonyl (C=O) groups is 1. The zero-order chi connectivity index (χ0) is 20.5. The van der Waals surface area contributed by atoms with Crippen molar-refractivity contribution in [1.29, 1.82) is 0 Å². The van der Waals surface area contributed by atoms with E-state index in [2.05, 4.69) is 15.0 Å². The van der Waals surface area contributed by atoms with E-state index in [9.17, 15) is 4.79 Å². The Labute approximate surface area is 168 Å². The number of hydrogen-bond acceptors (Lipinski definition) is 7. The first-order chi connectivity index (χ1) is 13.9. The molecule has 150 valence electrons. The Balaban J connectivity index is 1.67. The van der Waals surface area contributed by atoms with E-state index >= 15 is 0 Å². The van der Waals surface area contributed by atoms with Gasteiger partial charge in [-0.25, -0.2) is 15.0 Å². The van der Waals surface area contributed by atoms with E-state index in [1.807, 2.05) is 45.2 Å². The van der Waals surface area contributed by atoms with Gasteiger partial charge in [-0.3, -0.25) is 14.4 Å². The van der Waals surface area contributed by atoms with Crippen LogP contribution in [0.15, 0.2) is 43.0 Å². The minimum atomic E-state index is -0.251. The fourth-order valence-electron chi connectivity index (χ4n) is 3.36. The SMILES string of the molecule is CC(=O)N(C(C)c1ccc2c(c1)OCO2)N(C)c1cc(C)nc(-n2ccnc2)n1. The Morgan fingerprint density at radius 1 is 1.21 bits per heavy atom. The van der Waals surface area contributed by atoms with Gasteiger partial charge in [-0.05, 0) is 31.5 Å². The number of ether oxygens (including phenoxy) is 2. The third kappa shape index (κ3) is 3.58. The van der Waals surface area contributed by atoms with Gasteiger partial charge in [0.1, 0.15) is 6.33 Å². The second-order valence-electron chi connectivity index (χ2n) is 6.81. The summed E-state index contributed by atoms with van der Waals surface area (Å²) in [4.78, 5) is 25.7. The van der Waals surface area contributed by atoms with Crippen LogP contribution in [0.25, 0.3) is 5.95 Å². The molecule has 0 saturated carbocycles. The van der Waals surface area contributed by atoms with Gasteiger partial charge in [0.2, 0.25) is 18.6 Å². The second-order valence-corrected chi connectivity index (χ2v) is 6.81. The number of carbonyl (C=O) groups excluding carboxylic acids is 1. The summed E-state index contributed by atoms with van der Waals surface area (Å²) < 4.78 is 12.6. The number of hydrogen-bond donors (Lipinski definition) is 0. The van der Waals surface area contributed by atoms with Crippen LogP contribution in [0, 0.1) is 6.92 Å². The first-order valence-electron chi connectivity index (χ1n) is 9.21. The van der Waals surface area contributed by atoms with E-state index in [1.165, 1.54) is 6.92 Å². The van der Waals surface area contributed by atoms with Crippen LogP contribution >= 0.6 is 0 Å². The van der Waals surface area contributed by atoms with E-state index in [4.69, 9.17) is 9.47 Å². The van der Waals surface area contributed by atoms with E-state index in [0.717, 1.165) is 11.3 Å². The molecular formula is C20H22N6O3. The van der Waals surface area contributed by atoms with E-state index in [1.54, 1.807) is 33.3 Å². The van der Waals surface area contributed by atoms with Gasteiger partial charge in [-0.15, -0.1) is 0 Å². The molecule has 0 bridgehead atoms. The van der Waals surface area contributed by atoms with Crippen LogP contribution < -0.4 is 14.5 Å². The van der Waals surface area contributed by atoms with Crippen molar-refractivity contribution in [3.8, 4) is 17.4 Å². The van der Waals surface area contributed by atoms with Gasteiger partial charge in [-0.1, -0.05) is 6.07 Å². The minimum absolute atomic E-state index is 0.113. The van der Waals surface area contributed by atoms with Crippen molar-refractivity contribution in [2.45, 2.75) is 26.8 Å². The molecule has 0 spiro atoms. The number of fused-ring (bicyclic) bond motifs is 1. The van der Waals surface area contributed by atoms with Crippen molar-refractivity contribution in [2.75, 3.05) is 18.8 Å². The predicted molar refractivity (Wildman–Crippen MR) is 106 cm³/mol. The monoisotopic (exact) mass is 394 g/mol. The Bertz CT molecular complexity index is 1040. The van der Waals surface area contributed by atoms with Gasteiger partial charge in [0.15, 0.2) is 17.3 Å². The molecule has 1 aromatic carbocycles. The summed E-state index contributed by atoms with van der Waals surface area (Å²) in [6.07, 6.45) is 5.08. The topological polar surface area (TPSA) is 85.6 Å². The van der Waals surface area contributed by atoms with Crippen molar-refractivity contribution in [2.24, 2.45) is 0 Å². The molecule has 1 atom stereocenters. The first kappa shape index (κ1) is 18.7. The van der Waals surface area contributed by atoms with Crippen LogP contribution in [-0.2, 0) is 4.79 Å². The molecule has 4 rings (SSSR count). The first-order valence-corrected chi connectivity index (χ1v) is 9.21. The average Bonchev–Trinajstić information content (AvgIpc) is 3.38. The second kappa shape index (κ2) is 7.42. The van der Waals surface area contributed by atoms with Gasteiger partial charge in [0.05, 0.1) is 6.04 Å². The lowest BCUT2D eigenvalue weighted by molar-refractivity contribution is -0.131. The fraction of sp³-hybridized carbons (Fsp3) is 0.300. The van der Waals surface area contributed by atoms with Crippen LogP contribution in [-0.4, -0.2) is 44.3 Å². The summed E-state index contributed by atoms with van der Waals surface area (Å²) in [7, 11) is 1.81. The third-order valence-electron chi connectivity index (χ3n) is 4.79. The molecule has 9 nitrogen and oxygen atoms in total. The molecule has 1 amide bonds. The number of anilines is 1. The zero-order valence-corrected chi connectivity index (χ0v) is 16.7. The van der Waals surface area contributed by atoms with Crippen molar-refractivity contribution in [3.63, 3.8) is 0 Å². The molecule has 0 aliphatic carbocycles. The highest BCUT2D eigenvalue weighted by atomic mass is 16.7. The molecule has 0 fully saturated rings. The predicted octanol–water partition coefficient (Wildman–Crippen LogP) is 2.66. The molecule has 2 aromatic heterocycles. The van der Waals surface area contributed by atoms with Crippen molar-refractivity contribution < 1.29 is 14.3 Å². The normalized spacial score (nSPS) is 13.2. The maximum Gasteiger partial charge on any atom is 0.238 e. The molecule has 3 heterocycles. The molecule has 1 aliphatic heterocycles. The van der Waals surface area contributed by atoms with Crippen molar-refractivity contribution in [1.82, 2.24) is 24.5 Å². The molecule has 0 saturated heterocycles. The van der Waals surface area contributed by atoms with Gasteiger partial charge in [-0.2, -0.15) is 4.98 Å². The number of hydrazine groups is 1. The van der Waals surface area contributed by atoms with Crippen LogP contribution in [0.1, 0.15) is 31.1 Å². The van der Waals surface area contributed by atoms with Crippen LogP contribution in [0.4, 0.5) is 5.82 Å². The highest BCUT2D eigenvalue weighted by Crippen LogP contribution is 2.36.